The highest BCUT2D eigenvalue weighted by Gasteiger charge is 2.47. The molecule has 2 aliphatic heterocycles. The smallest absolute Gasteiger partial charge is 0.256 e. The summed E-state index contributed by atoms with van der Waals surface area (Å²) in [5, 5.41) is 19.2. The molecule has 130 valence electrons. The standard InChI is InChI=1S/C19H15BrN4O2/c20-13-4-1-2-5-15(13)24-18(26)16-6-3-9-23(16)19(24)22-14-8-7-12(11-21)10-17(14)25/h1-2,4-5,7-8,10,16,25H,3,6,9H2/t16-/m1/s1. The fourth-order valence-corrected chi connectivity index (χ4v) is 3.87. The summed E-state index contributed by atoms with van der Waals surface area (Å²) in [5.74, 6) is 0.407. The van der Waals surface area contributed by atoms with E-state index < -0.39 is 0 Å². The second-order valence-electron chi connectivity index (χ2n) is 6.20. The third kappa shape index (κ3) is 2.63. The second-order valence-corrected chi connectivity index (χ2v) is 7.06. The molecule has 2 fully saturated rings. The van der Waals surface area contributed by atoms with E-state index in [-0.39, 0.29) is 17.7 Å². The summed E-state index contributed by atoms with van der Waals surface area (Å²) in [7, 11) is 0. The minimum atomic E-state index is -0.221. The van der Waals surface area contributed by atoms with E-state index in [2.05, 4.69) is 20.9 Å². The molecule has 0 aliphatic carbocycles. The van der Waals surface area contributed by atoms with Crippen molar-refractivity contribution in [3.63, 3.8) is 0 Å². The van der Waals surface area contributed by atoms with Crippen LogP contribution in [0.3, 0.4) is 0 Å². The maximum atomic E-state index is 13.0. The highest BCUT2D eigenvalue weighted by molar-refractivity contribution is 9.10. The number of carbonyl (C=O) groups excluding carboxylic acids is 1. The van der Waals surface area contributed by atoms with Gasteiger partial charge in [-0.25, -0.2) is 9.89 Å². The Bertz CT molecular complexity index is 966. The quantitative estimate of drug-likeness (QED) is 0.820. The predicted molar refractivity (Wildman–Crippen MR) is 101 cm³/mol. The number of phenolic OH excluding ortho intramolecular Hbond substituents is 1. The molecule has 2 aromatic rings. The average Bonchev–Trinajstić information content (AvgIpc) is 3.21. The molecule has 0 aromatic heterocycles. The Morgan fingerprint density at radius 1 is 1.27 bits per heavy atom. The first-order valence-corrected chi connectivity index (χ1v) is 9.06. The average molecular weight is 411 g/mol. The number of para-hydroxylation sites is 1. The molecule has 7 heteroatoms. The lowest BCUT2D eigenvalue weighted by molar-refractivity contribution is -0.119. The van der Waals surface area contributed by atoms with Gasteiger partial charge in [0.15, 0.2) is 0 Å². The molecule has 0 radical (unpaired) electrons. The van der Waals surface area contributed by atoms with Crippen molar-refractivity contribution in [1.29, 1.82) is 5.26 Å². The van der Waals surface area contributed by atoms with Crippen molar-refractivity contribution in [2.75, 3.05) is 11.4 Å². The number of benzene rings is 2. The molecular formula is C19H15BrN4O2. The van der Waals surface area contributed by atoms with Gasteiger partial charge < -0.3 is 10.0 Å². The number of phenols is 1. The topological polar surface area (TPSA) is 79.9 Å². The van der Waals surface area contributed by atoms with Crippen LogP contribution in [0.1, 0.15) is 18.4 Å². The van der Waals surface area contributed by atoms with Crippen molar-refractivity contribution < 1.29 is 9.90 Å². The van der Waals surface area contributed by atoms with Crippen molar-refractivity contribution in [3.8, 4) is 11.8 Å². The first kappa shape index (κ1) is 16.6. The van der Waals surface area contributed by atoms with Crippen LogP contribution in [-0.4, -0.2) is 34.5 Å². The van der Waals surface area contributed by atoms with Crippen LogP contribution in [0.25, 0.3) is 0 Å². The summed E-state index contributed by atoms with van der Waals surface area (Å²) in [6, 6.07) is 13.8. The zero-order valence-electron chi connectivity index (χ0n) is 13.8. The molecule has 2 aromatic carbocycles. The van der Waals surface area contributed by atoms with Gasteiger partial charge >= 0.3 is 0 Å². The second kappa shape index (κ2) is 6.46. The van der Waals surface area contributed by atoms with Crippen LogP contribution < -0.4 is 4.90 Å². The fourth-order valence-electron chi connectivity index (χ4n) is 3.41. The lowest BCUT2D eigenvalue weighted by Gasteiger charge is -2.21. The molecule has 0 unspecified atom stereocenters. The molecule has 2 heterocycles. The number of rotatable bonds is 2. The Balaban J connectivity index is 1.84. The molecule has 0 bridgehead atoms. The number of guanidine groups is 1. The maximum Gasteiger partial charge on any atom is 0.256 e. The Labute approximate surface area is 159 Å². The normalized spacial score (nSPS) is 20.5. The van der Waals surface area contributed by atoms with Crippen molar-refractivity contribution >= 4 is 39.2 Å². The van der Waals surface area contributed by atoms with Crippen LogP contribution in [0.2, 0.25) is 0 Å². The van der Waals surface area contributed by atoms with Crippen LogP contribution in [-0.2, 0) is 4.79 Å². The number of aliphatic imine (C=N–C) groups is 1. The SMILES string of the molecule is N#Cc1ccc(N=C2N(c3ccccc3Br)C(=O)[C@H]3CCCN23)c(O)c1. The molecule has 2 aliphatic rings. The lowest BCUT2D eigenvalue weighted by Crippen LogP contribution is -2.34. The molecule has 2 saturated heterocycles. The number of anilines is 1. The van der Waals surface area contributed by atoms with Gasteiger partial charge in [0.2, 0.25) is 5.96 Å². The van der Waals surface area contributed by atoms with Crippen LogP contribution in [0, 0.1) is 11.3 Å². The van der Waals surface area contributed by atoms with Gasteiger partial charge in [0.1, 0.15) is 17.5 Å². The molecule has 1 amide bonds. The predicted octanol–water partition coefficient (Wildman–Crippen LogP) is 3.53. The fraction of sp³-hybridized carbons (Fsp3) is 0.211. The number of halogens is 1. The molecule has 26 heavy (non-hydrogen) atoms. The lowest BCUT2D eigenvalue weighted by atomic mass is 10.2. The zero-order chi connectivity index (χ0) is 18.3. The summed E-state index contributed by atoms with van der Waals surface area (Å²) in [6.45, 7) is 0.743. The van der Waals surface area contributed by atoms with Gasteiger partial charge in [-0.2, -0.15) is 5.26 Å². The highest BCUT2D eigenvalue weighted by atomic mass is 79.9. The van der Waals surface area contributed by atoms with E-state index in [0.717, 1.165) is 29.5 Å². The Hall–Kier alpha value is -2.85. The minimum Gasteiger partial charge on any atom is -0.506 e. The van der Waals surface area contributed by atoms with Crippen LogP contribution in [0.5, 0.6) is 5.75 Å². The number of fused-ring (bicyclic) bond motifs is 1. The molecule has 4 rings (SSSR count). The summed E-state index contributed by atoms with van der Waals surface area (Å²) < 4.78 is 0.797. The third-order valence-corrected chi connectivity index (χ3v) is 5.30. The van der Waals surface area contributed by atoms with E-state index in [4.69, 9.17) is 5.26 Å². The number of carbonyl (C=O) groups is 1. The number of amides is 1. The maximum absolute atomic E-state index is 13.0. The monoisotopic (exact) mass is 410 g/mol. The zero-order valence-corrected chi connectivity index (χ0v) is 15.3. The third-order valence-electron chi connectivity index (χ3n) is 4.63. The first-order valence-electron chi connectivity index (χ1n) is 8.27. The Morgan fingerprint density at radius 3 is 2.81 bits per heavy atom. The van der Waals surface area contributed by atoms with Crippen LogP contribution in [0.15, 0.2) is 51.9 Å². The van der Waals surface area contributed by atoms with Crippen molar-refractivity contribution in [3.05, 3.63) is 52.5 Å². The van der Waals surface area contributed by atoms with E-state index in [1.807, 2.05) is 35.2 Å². The largest absolute Gasteiger partial charge is 0.506 e. The van der Waals surface area contributed by atoms with E-state index in [0.29, 0.717) is 17.2 Å². The first-order chi connectivity index (χ1) is 12.6. The number of nitrogens with zero attached hydrogens (tertiary/aromatic N) is 4. The summed E-state index contributed by atoms with van der Waals surface area (Å²) in [5.41, 5.74) is 1.41. The molecule has 0 spiro atoms. The van der Waals surface area contributed by atoms with E-state index >= 15 is 0 Å². The van der Waals surface area contributed by atoms with Gasteiger partial charge in [-0.1, -0.05) is 12.1 Å². The van der Waals surface area contributed by atoms with Crippen LogP contribution in [0.4, 0.5) is 11.4 Å². The highest BCUT2D eigenvalue weighted by Crippen LogP contribution is 2.37. The van der Waals surface area contributed by atoms with Crippen molar-refractivity contribution in [2.24, 2.45) is 4.99 Å². The minimum absolute atomic E-state index is 0.0127. The number of nitriles is 1. The molecular weight excluding hydrogens is 396 g/mol. The summed E-state index contributed by atoms with van der Waals surface area (Å²) in [6.07, 6.45) is 1.72. The molecule has 0 saturated carbocycles. The van der Waals surface area contributed by atoms with Crippen molar-refractivity contribution in [1.82, 2.24) is 4.90 Å². The van der Waals surface area contributed by atoms with Gasteiger partial charge in [0, 0.05) is 11.0 Å². The van der Waals surface area contributed by atoms with E-state index in [9.17, 15) is 9.90 Å². The van der Waals surface area contributed by atoms with Crippen LogP contribution >= 0.6 is 15.9 Å². The summed E-state index contributed by atoms with van der Waals surface area (Å²) >= 11 is 3.51. The summed E-state index contributed by atoms with van der Waals surface area (Å²) in [4.78, 5) is 21.2. The van der Waals surface area contributed by atoms with E-state index in [1.54, 1.807) is 17.0 Å². The van der Waals surface area contributed by atoms with Gasteiger partial charge in [0.25, 0.3) is 5.91 Å². The number of aromatic hydroxyl groups is 1. The van der Waals surface area contributed by atoms with Crippen molar-refractivity contribution in [2.45, 2.75) is 18.9 Å². The van der Waals surface area contributed by atoms with Gasteiger partial charge in [-0.15, -0.1) is 0 Å². The van der Waals surface area contributed by atoms with E-state index in [1.165, 1.54) is 6.07 Å². The van der Waals surface area contributed by atoms with Gasteiger partial charge in [-0.3, -0.25) is 4.79 Å². The molecule has 1 N–H and O–H groups in total. The number of hydrogen-bond donors (Lipinski definition) is 1. The number of hydrogen-bond acceptors (Lipinski definition) is 4. The molecule has 6 nitrogen and oxygen atoms in total. The Kier molecular flexibility index (Phi) is 4.13. The Morgan fingerprint density at radius 2 is 2.08 bits per heavy atom. The van der Waals surface area contributed by atoms with Gasteiger partial charge in [0.05, 0.1) is 17.3 Å². The molecule has 1 atom stereocenters. The van der Waals surface area contributed by atoms with Gasteiger partial charge in [-0.05, 0) is 59.1 Å².